The first-order valence-electron chi connectivity index (χ1n) is 5.97. The molecule has 0 saturated carbocycles. The van der Waals surface area contributed by atoms with Crippen molar-refractivity contribution in [2.24, 2.45) is 0 Å². The van der Waals surface area contributed by atoms with Crippen LogP contribution in [0.4, 0.5) is 4.39 Å². The molecular formula is C14H19FN2. The molecule has 92 valence electrons. The summed E-state index contributed by atoms with van der Waals surface area (Å²) >= 11 is 0. The van der Waals surface area contributed by atoms with Crippen molar-refractivity contribution < 1.29 is 4.39 Å². The summed E-state index contributed by atoms with van der Waals surface area (Å²) in [6.45, 7) is 4.91. The summed E-state index contributed by atoms with van der Waals surface area (Å²) in [6.07, 6.45) is 2.23. The largest absolute Gasteiger partial charge is 0.299 e. The molecule has 0 aliphatic rings. The van der Waals surface area contributed by atoms with Gasteiger partial charge in [-0.05, 0) is 44.2 Å². The van der Waals surface area contributed by atoms with Crippen molar-refractivity contribution in [1.82, 2.24) is 4.90 Å². The van der Waals surface area contributed by atoms with Crippen molar-refractivity contribution in [3.63, 3.8) is 0 Å². The van der Waals surface area contributed by atoms with Crippen molar-refractivity contribution in [2.75, 3.05) is 7.05 Å². The van der Waals surface area contributed by atoms with Gasteiger partial charge in [-0.2, -0.15) is 5.26 Å². The van der Waals surface area contributed by atoms with E-state index in [0.29, 0.717) is 18.2 Å². The van der Waals surface area contributed by atoms with Gasteiger partial charge in [0.2, 0.25) is 0 Å². The fourth-order valence-corrected chi connectivity index (χ4v) is 1.86. The Balaban J connectivity index is 2.80. The van der Waals surface area contributed by atoms with Gasteiger partial charge in [0.25, 0.3) is 0 Å². The van der Waals surface area contributed by atoms with Crippen LogP contribution in [0.1, 0.15) is 37.8 Å². The van der Waals surface area contributed by atoms with E-state index in [2.05, 4.69) is 24.8 Å². The van der Waals surface area contributed by atoms with Gasteiger partial charge < -0.3 is 0 Å². The fraction of sp³-hybridized carbons (Fsp3) is 0.500. The zero-order chi connectivity index (χ0) is 12.8. The second kappa shape index (κ2) is 6.36. The number of halogens is 1. The van der Waals surface area contributed by atoms with Gasteiger partial charge in [0.1, 0.15) is 5.82 Å². The van der Waals surface area contributed by atoms with Crippen LogP contribution in [0.5, 0.6) is 0 Å². The maximum Gasteiger partial charge on any atom is 0.123 e. The van der Waals surface area contributed by atoms with Crippen LogP contribution in [0.15, 0.2) is 18.2 Å². The van der Waals surface area contributed by atoms with Gasteiger partial charge in [-0.3, -0.25) is 4.90 Å². The third kappa shape index (κ3) is 3.83. The molecular weight excluding hydrogens is 215 g/mol. The molecule has 0 amide bonds. The third-order valence-corrected chi connectivity index (χ3v) is 3.07. The molecule has 0 aromatic heterocycles. The zero-order valence-electron chi connectivity index (χ0n) is 10.7. The predicted molar refractivity (Wildman–Crippen MR) is 67.0 cm³/mol. The number of hydrogen-bond acceptors (Lipinski definition) is 2. The molecule has 1 aromatic rings. The molecule has 0 spiro atoms. The molecule has 1 aromatic carbocycles. The maximum atomic E-state index is 13.2. The Hall–Kier alpha value is -1.40. The van der Waals surface area contributed by atoms with Crippen LogP contribution in [0.2, 0.25) is 0 Å². The van der Waals surface area contributed by atoms with Crippen LogP contribution in [0.25, 0.3) is 0 Å². The number of benzene rings is 1. The Morgan fingerprint density at radius 2 is 2.18 bits per heavy atom. The first-order valence-corrected chi connectivity index (χ1v) is 5.97. The van der Waals surface area contributed by atoms with E-state index in [4.69, 9.17) is 5.26 Å². The highest BCUT2D eigenvalue weighted by Gasteiger charge is 2.11. The minimum Gasteiger partial charge on any atom is -0.299 e. The Morgan fingerprint density at radius 3 is 2.76 bits per heavy atom. The highest BCUT2D eigenvalue weighted by Crippen LogP contribution is 2.15. The van der Waals surface area contributed by atoms with Gasteiger partial charge in [0, 0.05) is 12.6 Å². The standard InChI is InChI=1S/C14H19FN2/c1-4-5-11(2)17(3)10-13-8-14(15)7-6-12(13)9-16/h6-8,11H,4-5,10H2,1-3H3. The van der Waals surface area contributed by atoms with Crippen LogP contribution in [-0.2, 0) is 6.54 Å². The number of rotatable bonds is 5. The van der Waals surface area contributed by atoms with E-state index in [1.54, 1.807) is 6.07 Å². The maximum absolute atomic E-state index is 13.2. The lowest BCUT2D eigenvalue weighted by atomic mass is 10.1. The van der Waals surface area contributed by atoms with Crippen molar-refractivity contribution >= 4 is 0 Å². The molecule has 0 aliphatic carbocycles. The van der Waals surface area contributed by atoms with E-state index in [-0.39, 0.29) is 5.82 Å². The Kier molecular flexibility index (Phi) is 5.11. The van der Waals surface area contributed by atoms with Crippen LogP contribution in [0.3, 0.4) is 0 Å². The lowest BCUT2D eigenvalue weighted by molar-refractivity contribution is 0.236. The SMILES string of the molecule is CCCC(C)N(C)Cc1cc(F)ccc1C#N. The average Bonchev–Trinajstić information content (AvgIpc) is 2.29. The summed E-state index contributed by atoms with van der Waals surface area (Å²) in [5, 5.41) is 8.97. The molecule has 17 heavy (non-hydrogen) atoms. The first kappa shape index (κ1) is 13.7. The topological polar surface area (TPSA) is 27.0 Å². The number of nitrogens with zero attached hydrogens (tertiary/aromatic N) is 2. The summed E-state index contributed by atoms with van der Waals surface area (Å²) in [6, 6.07) is 6.87. The van der Waals surface area contributed by atoms with E-state index >= 15 is 0 Å². The minimum atomic E-state index is -0.282. The van der Waals surface area contributed by atoms with Gasteiger partial charge >= 0.3 is 0 Å². The van der Waals surface area contributed by atoms with E-state index in [1.807, 2.05) is 7.05 Å². The summed E-state index contributed by atoms with van der Waals surface area (Å²) in [7, 11) is 2.01. The number of hydrogen-bond donors (Lipinski definition) is 0. The molecule has 0 heterocycles. The number of nitriles is 1. The first-order chi connectivity index (χ1) is 8.08. The second-order valence-corrected chi connectivity index (χ2v) is 4.47. The van der Waals surface area contributed by atoms with E-state index < -0.39 is 0 Å². The van der Waals surface area contributed by atoms with Crippen LogP contribution < -0.4 is 0 Å². The van der Waals surface area contributed by atoms with E-state index in [1.165, 1.54) is 12.1 Å². The van der Waals surface area contributed by atoms with Gasteiger partial charge in [-0.15, -0.1) is 0 Å². The summed E-state index contributed by atoms with van der Waals surface area (Å²) in [5.74, 6) is -0.282. The van der Waals surface area contributed by atoms with Crippen molar-refractivity contribution in [2.45, 2.75) is 39.3 Å². The third-order valence-electron chi connectivity index (χ3n) is 3.07. The average molecular weight is 234 g/mol. The molecule has 1 atom stereocenters. The molecule has 0 N–H and O–H groups in total. The molecule has 2 nitrogen and oxygen atoms in total. The molecule has 0 fully saturated rings. The van der Waals surface area contributed by atoms with Crippen molar-refractivity contribution in [3.8, 4) is 6.07 Å². The van der Waals surface area contributed by atoms with Crippen LogP contribution in [-0.4, -0.2) is 18.0 Å². The quantitative estimate of drug-likeness (QED) is 0.781. The van der Waals surface area contributed by atoms with Crippen molar-refractivity contribution in [1.29, 1.82) is 5.26 Å². The van der Waals surface area contributed by atoms with Gasteiger partial charge in [-0.1, -0.05) is 13.3 Å². The van der Waals surface area contributed by atoms with Gasteiger partial charge in [0.15, 0.2) is 0 Å². The van der Waals surface area contributed by atoms with Crippen LogP contribution >= 0.6 is 0 Å². The molecule has 0 radical (unpaired) electrons. The molecule has 1 unspecified atom stereocenters. The normalized spacial score (nSPS) is 12.5. The molecule has 1 rings (SSSR count). The smallest absolute Gasteiger partial charge is 0.123 e. The molecule has 0 saturated heterocycles. The highest BCUT2D eigenvalue weighted by atomic mass is 19.1. The monoisotopic (exact) mass is 234 g/mol. The predicted octanol–water partition coefficient (Wildman–Crippen LogP) is 3.32. The zero-order valence-corrected chi connectivity index (χ0v) is 10.7. The lowest BCUT2D eigenvalue weighted by Crippen LogP contribution is -2.28. The van der Waals surface area contributed by atoms with E-state index in [0.717, 1.165) is 18.4 Å². The Morgan fingerprint density at radius 1 is 1.47 bits per heavy atom. The highest BCUT2D eigenvalue weighted by molar-refractivity contribution is 5.37. The summed E-state index contributed by atoms with van der Waals surface area (Å²) < 4.78 is 13.2. The second-order valence-electron chi connectivity index (χ2n) is 4.47. The minimum absolute atomic E-state index is 0.282. The van der Waals surface area contributed by atoms with Crippen molar-refractivity contribution in [3.05, 3.63) is 35.1 Å². The van der Waals surface area contributed by atoms with Gasteiger partial charge in [-0.25, -0.2) is 4.39 Å². The van der Waals surface area contributed by atoms with Crippen LogP contribution in [0, 0.1) is 17.1 Å². The Labute approximate surface area is 103 Å². The molecule has 3 heteroatoms. The molecule has 0 bridgehead atoms. The summed E-state index contributed by atoms with van der Waals surface area (Å²) in [4.78, 5) is 2.15. The fourth-order valence-electron chi connectivity index (χ4n) is 1.86. The van der Waals surface area contributed by atoms with Gasteiger partial charge in [0.05, 0.1) is 11.6 Å². The van der Waals surface area contributed by atoms with E-state index in [9.17, 15) is 4.39 Å². The molecule has 0 aliphatic heterocycles. The summed E-state index contributed by atoms with van der Waals surface area (Å²) in [5.41, 5.74) is 1.32. The lowest BCUT2D eigenvalue weighted by Gasteiger charge is -2.24. The Bertz CT molecular complexity index is 409.